The molecule has 1 saturated heterocycles. The number of likely N-dealkylation sites (tertiary alicyclic amines) is 1. The van der Waals surface area contributed by atoms with Crippen molar-refractivity contribution in [1.82, 2.24) is 14.5 Å². The van der Waals surface area contributed by atoms with E-state index in [2.05, 4.69) is 22.0 Å². The van der Waals surface area contributed by atoms with Gasteiger partial charge in [-0.15, -0.1) is 0 Å². The van der Waals surface area contributed by atoms with Crippen LogP contribution in [0.5, 0.6) is 0 Å². The minimum absolute atomic E-state index is 0.0712. The van der Waals surface area contributed by atoms with E-state index in [1.807, 2.05) is 22.8 Å². The highest BCUT2D eigenvalue weighted by atomic mass is 32.2. The molecule has 0 radical (unpaired) electrons. The topological polar surface area (TPSA) is 64.4 Å². The molecule has 2 aromatic rings. The maximum absolute atomic E-state index is 12.5. The van der Waals surface area contributed by atoms with Crippen LogP contribution in [0.4, 0.5) is 0 Å². The van der Waals surface area contributed by atoms with Gasteiger partial charge in [0.1, 0.15) is 0 Å². The Kier molecular flexibility index (Phi) is 7.26. The highest BCUT2D eigenvalue weighted by molar-refractivity contribution is 7.91. The molecule has 154 valence electrons. The fourth-order valence-electron chi connectivity index (χ4n) is 3.88. The SMILES string of the molecule is CCS(=O)(=O)c1ncc(CN2CCC(COC)C2)n1CCCc1ccccc1. The van der Waals surface area contributed by atoms with Gasteiger partial charge in [-0.3, -0.25) is 4.90 Å². The Balaban J connectivity index is 1.72. The number of rotatable bonds is 10. The Morgan fingerprint density at radius 3 is 2.75 bits per heavy atom. The van der Waals surface area contributed by atoms with Gasteiger partial charge < -0.3 is 9.30 Å². The van der Waals surface area contributed by atoms with Crippen molar-refractivity contribution in [3.05, 3.63) is 47.8 Å². The lowest BCUT2D eigenvalue weighted by atomic mass is 10.1. The number of hydrogen-bond acceptors (Lipinski definition) is 5. The quantitative estimate of drug-likeness (QED) is 0.608. The molecule has 0 bridgehead atoms. The Morgan fingerprint density at radius 1 is 1.25 bits per heavy atom. The van der Waals surface area contributed by atoms with Crippen LogP contribution in [0.2, 0.25) is 0 Å². The Bertz CT molecular complexity index is 849. The van der Waals surface area contributed by atoms with E-state index in [9.17, 15) is 8.42 Å². The second kappa shape index (κ2) is 9.67. The van der Waals surface area contributed by atoms with Gasteiger partial charge in [0.25, 0.3) is 0 Å². The van der Waals surface area contributed by atoms with Crippen molar-refractivity contribution >= 4 is 9.84 Å². The third-order valence-electron chi connectivity index (χ3n) is 5.41. The molecule has 1 aliphatic rings. The standard InChI is InChI=1S/C21H31N3O3S/c1-3-28(25,26)21-22-14-20(16-23-13-11-19(15-23)17-27-2)24(21)12-7-10-18-8-5-4-6-9-18/h4-6,8-9,14,19H,3,7,10-13,15-17H2,1-2H3. The summed E-state index contributed by atoms with van der Waals surface area (Å²) in [6.07, 6.45) is 4.67. The second-order valence-corrected chi connectivity index (χ2v) is 9.69. The van der Waals surface area contributed by atoms with Crippen LogP contribution in [0, 0.1) is 5.92 Å². The van der Waals surface area contributed by atoms with Crippen molar-refractivity contribution in [2.75, 3.05) is 32.6 Å². The van der Waals surface area contributed by atoms with Crippen molar-refractivity contribution in [1.29, 1.82) is 0 Å². The fraction of sp³-hybridized carbons (Fsp3) is 0.571. The van der Waals surface area contributed by atoms with Crippen molar-refractivity contribution in [2.45, 2.75) is 44.4 Å². The first-order chi connectivity index (χ1) is 13.5. The first kappa shape index (κ1) is 21.0. The molecule has 0 amide bonds. The van der Waals surface area contributed by atoms with Gasteiger partial charge in [0.05, 0.1) is 24.3 Å². The predicted octanol–water partition coefficient (Wildman–Crippen LogP) is 2.78. The number of nitrogens with zero attached hydrogens (tertiary/aromatic N) is 3. The van der Waals surface area contributed by atoms with Gasteiger partial charge in [0.2, 0.25) is 15.0 Å². The highest BCUT2D eigenvalue weighted by Crippen LogP contribution is 2.21. The third-order valence-corrected chi connectivity index (χ3v) is 7.05. The number of imidazole rings is 1. The first-order valence-corrected chi connectivity index (χ1v) is 11.7. The Labute approximate surface area is 168 Å². The van der Waals surface area contributed by atoms with Gasteiger partial charge in [0, 0.05) is 26.7 Å². The van der Waals surface area contributed by atoms with Crippen LogP contribution in [0.15, 0.2) is 41.7 Å². The first-order valence-electron chi connectivity index (χ1n) is 10.1. The van der Waals surface area contributed by atoms with E-state index in [0.717, 1.165) is 51.2 Å². The number of aromatic nitrogens is 2. The van der Waals surface area contributed by atoms with E-state index >= 15 is 0 Å². The molecular weight excluding hydrogens is 374 g/mol. The summed E-state index contributed by atoms with van der Waals surface area (Å²) in [7, 11) is -1.60. The van der Waals surface area contributed by atoms with Gasteiger partial charge in [-0.25, -0.2) is 13.4 Å². The second-order valence-electron chi connectivity index (χ2n) is 7.52. The predicted molar refractivity (Wildman–Crippen MR) is 110 cm³/mol. The highest BCUT2D eigenvalue weighted by Gasteiger charge is 2.26. The van der Waals surface area contributed by atoms with Crippen LogP contribution < -0.4 is 0 Å². The summed E-state index contributed by atoms with van der Waals surface area (Å²) in [5, 5.41) is 0.214. The third kappa shape index (κ3) is 5.21. The molecule has 28 heavy (non-hydrogen) atoms. The van der Waals surface area contributed by atoms with Crippen LogP contribution in [-0.2, 0) is 34.1 Å². The van der Waals surface area contributed by atoms with Crippen LogP contribution in [0.3, 0.4) is 0 Å². The average Bonchev–Trinajstić information content (AvgIpc) is 3.31. The molecule has 1 aliphatic heterocycles. The molecule has 0 aliphatic carbocycles. The monoisotopic (exact) mass is 405 g/mol. The van der Waals surface area contributed by atoms with Crippen LogP contribution in [-0.4, -0.2) is 55.4 Å². The number of hydrogen-bond donors (Lipinski definition) is 0. The molecule has 0 spiro atoms. The van der Waals surface area contributed by atoms with E-state index in [1.165, 1.54) is 5.56 Å². The van der Waals surface area contributed by atoms with Gasteiger partial charge in [-0.1, -0.05) is 37.3 Å². The van der Waals surface area contributed by atoms with Gasteiger partial charge in [-0.05, 0) is 37.3 Å². The zero-order chi connectivity index (χ0) is 20.0. The zero-order valence-electron chi connectivity index (χ0n) is 16.9. The molecule has 3 rings (SSSR count). The molecule has 1 aromatic heterocycles. The van der Waals surface area contributed by atoms with Crippen LogP contribution in [0.25, 0.3) is 0 Å². The molecule has 1 atom stereocenters. The molecular formula is C21H31N3O3S. The van der Waals surface area contributed by atoms with Crippen molar-refractivity contribution < 1.29 is 13.2 Å². The molecule has 2 heterocycles. The Morgan fingerprint density at radius 2 is 2.04 bits per heavy atom. The van der Waals surface area contributed by atoms with E-state index < -0.39 is 9.84 Å². The summed E-state index contributed by atoms with van der Waals surface area (Å²) < 4.78 is 32.3. The lowest BCUT2D eigenvalue weighted by molar-refractivity contribution is 0.152. The summed E-state index contributed by atoms with van der Waals surface area (Å²) in [6.45, 7) is 5.85. The molecule has 1 aromatic carbocycles. The van der Waals surface area contributed by atoms with Crippen LogP contribution in [0.1, 0.15) is 31.0 Å². The molecule has 1 fully saturated rings. The van der Waals surface area contributed by atoms with E-state index in [1.54, 1.807) is 20.2 Å². The number of aryl methyl sites for hydroxylation is 1. The molecule has 6 nitrogen and oxygen atoms in total. The lowest BCUT2D eigenvalue weighted by Crippen LogP contribution is -2.24. The summed E-state index contributed by atoms with van der Waals surface area (Å²) in [4.78, 5) is 6.68. The van der Waals surface area contributed by atoms with E-state index in [4.69, 9.17) is 4.74 Å². The van der Waals surface area contributed by atoms with E-state index in [-0.39, 0.29) is 10.9 Å². The average molecular weight is 406 g/mol. The fourth-order valence-corrected chi connectivity index (χ4v) is 4.89. The van der Waals surface area contributed by atoms with Gasteiger partial charge in [-0.2, -0.15) is 0 Å². The lowest BCUT2D eigenvalue weighted by Gasteiger charge is -2.18. The largest absolute Gasteiger partial charge is 0.384 e. The summed E-state index contributed by atoms with van der Waals surface area (Å²) in [5.74, 6) is 0.625. The number of methoxy groups -OCH3 is 1. The zero-order valence-corrected chi connectivity index (χ0v) is 17.7. The normalized spacial score (nSPS) is 18.0. The molecule has 0 saturated carbocycles. The van der Waals surface area contributed by atoms with Gasteiger partial charge >= 0.3 is 0 Å². The van der Waals surface area contributed by atoms with Crippen LogP contribution >= 0.6 is 0 Å². The number of benzene rings is 1. The number of sulfone groups is 1. The maximum atomic E-state index is 12.5. The molecule has 1 unspecified atom stereocenters. The van der Waals surface area contributed by atoms with Crippen molar-refractivity contribution in [3.63, 3.8) is 0 Å². The summed E-state index contributed by atoms with van der Waals surface area (Å²) in [6, 6.07) is 10.3. The molecule has 0 N–H and O–H groups in total. The molecule has 7 heteroatoms. The summed E-state index contributed by atoms with van der Waals surface area (Å²) in [5.41, 5.74) is 2.25. The van der Waals surface area contributed by atoms with Crippen molar-refractivity contribution in [3.8, 4) is 0 Å². The number of ether oxygens (including phenoxy) is 1. The van der Waals surface area contributed by atoms with Crippen molar-refractivity contribution in [2.24, 2.45) is 5.92 Å². The minimum Gasteiger partial charge on any atom is -0.384 e. The van der Waals surface area contributed by atoms with Gasteiger partial charge in [0.15, 0.2) is 0 Å². The minimum atomic E-state index is -3.34. The Hall–Kier alpha value is -1.70. The smallest absolute Gasteiger partial charge is 0.227 e. The summed E-state index contributed by atoms with van der Waals surface area (Å²) >= 11 is 0. The maximum Gasteiger partial charge on any atom is 0.227 e. The van der Waals surface area contributed by atoms with E-state index in [0.29, 0.717) is 12.5 Å².